The summed E-state index contributed by atoms with van der Waals surface area (Å²) in [6.07, 6.45) is 6.15. The van der Waals surface area contributed by atoms with E-state index in [2.05, 4.69) is 12.1 Å². The van der Waals surface area contributed by atoms with Crippen LogP contribution in [0, 0.1) is 19.3 Å². The van der Waals surface area contributed by atoms with Crippen LogP contribution in [0.3, 0.4) is 0 Å². The minimum Gasteiger partial charge on any atom is -0.378 e. The maximum Gasteiger partial charge on any atom is 0.230 e. The van der Waals surface area contributed by atoms with Crippen molar-refractivity contribution in [2.24, 2.45) is 5.41 Å². The Morgan fingerprint density at radius 2 is 2.08 bits per heavy atom. The molecule has 0 aliphatic heterocycles. The highest BCUT2D eigenvalue weighted by Gasteiger charge is 2.59. The fourth-order valence-corrected chi connectivity index (χ4v) is 5.08. The second-order valence-electron chi connectivity index (χ2n) is 7.54. The third-order valence-electron chi connectivity index (χ3n) is 6.35. The molecule has 0 aromatic carbocycles. The fourth-order valence-electron chi connectivity index (χ4n) is 5.08. The molecule has 0 bridgehead atoms. The van der Waals surface area contributed by atoms with Crippen molar-refractivity contribution >= 4 is 5.91 Å². The van der Waals surface area contributed by atoms with Gasteiger partial charge in [-0.1, -0.05) is 18.0 Å². The number of rotatable bonds is 5. The van der Waals surface area contributed by atoms with Crippen molar-refractivity contribution in [1.29, 1.82) is 0 Å². The largest absolute Gasteiger partial charge is 0.378 e. The smallest absolute Gasteiger partial charge is 0.230 e. The predicted octanol–water partition coefficient (Wildman–Crippen LogP) is 3.59. The number of aromatic nitrogens is 1. The van der Waals surface area contributed by atoms with Gasteiger partial charge in [0.05, 0.1) is 17.7 Å². The minimum atomic E-state index is -0.217. The number of carbonyl (C=O) groups is 1. The van der Waals surface area contributed by atoms with Gasteiger partial charge in [-0.2, -0.15) is 0 Å². The van der Waals surface area contributed by atoms with Gasteiger partial charge in [-0.25, -0.2) is 0 Å². The Bertz CT molecular complexity index is 584. The molecule has 3 unspecified atom stereocenters. The van der Waals surface area contributed by atoms with E-state index in [1.165, 1.54) is 25.7 Å². The van der Waals surface area contributed by atoms with Crippen LogP contribution in [0.1, 0.15) is 68.9 Å². The average molecular weight is 334 g/mol. The zero-order valence-corrected chi connectivity index (χ0v) is 15.6. The first-order valence-electron chi connectivity index (χ1n) is 9.23. The highest BCUT2D eigenvalue weighted by atomic mass is 16.5. The lowest BCUT2D eigenvalue weighted by atomic mass is 9.60. The lowest BCUT2D eigenvalue weighted by Gasteiger charge is -2.57. The Kier molecular flexibility index (Phi) is 4.73. The Hall–Kier alpha value is -1.36. The number of aryl methyl sites for hydroxylation is 2. The lowest BCUT2D eigenvalue weighted by molar-refractivity contribution is -0.173. The molecule has 1 spiro atoms. The minimum absolute atomic E-state index is 0.163. The van der Waals surface area contributed by atoms with E-state index in [4.69, 9.17) is 9.26 Å². The molecule has 2 saturated carbocycles. The Labute approximate surface area is 144 Å². The maximum atomic E-state index is 13.1. The van der Waals surface area contributed by atoms with Crippen LogP contribution in [0.15, 0.2) is 4.52 Å². The van der Waals surface area contributed by atoms with Crippen LogP contribution >= 0.6 is 0 Å². The molecule has 2 aliphatic carbocycles. The predicted molar refractivity (Wildman–Crippen MR) is 91.9 cm³/mol. The van der Waals surface area contributed by atoms with E-state index in [0.29, 0.717) is 12.1 Å². The number of nitrogens with zero attached hydrogens (tertiary/aromatic N) is 2. The Morgan fingerprint density at radius 3 is 2.62 bits per heavy atom. The highest BCUT2D eigenvalue weighted by molar-refractivity contribution is 5.84. The Balaban J connectivity index is 1.76. The van der Waals surface area contributed by atoms with Crippen molar-refractivity contribution in [3.63, 3.8) is 0 Å². The van der Waals surface area contributed by atoms with Crippen molar-refractivity contribution in [3.8, 4) is 0 Å². The van der Waals surface area contributed by atoms with Crippen molar-refractivity contribution in [2.45, 2.75) is 77.9 Å². The van der Waals surface area contributed by atoms with Crippen LogP contribution in [-0.4, -0.2) is 41.8 Å². The van der Waals surface area contributed by atoms with E-state index >= 15 is 0 Å². The quantitative estimate of drug-likeness (QED) is 0.826. The highest BCUT2D eigenvalue weighted by Crippen LogP contribution is 2.56. The van der Waals surface area contributed by atoms with Crippen LogP contribution in [0.2, 0.25) is 0 Å². The van der Waals surface area contributed by atoms with Crippen molar-refractivity contribution in [1.82, 2.24) is 10.1 Å². The number of amides is 1. The summed E-state index contributed by atoms with van der Waals surface area (Å²) in [5.41, 5.74) is 1.94. The molecule has 1 aromatic rings. The zero-order chi connectivity index (χ0) is 17.5. The normalized spacial score (nSPS) is 26.4. The second kappa shape index (κ2) is 6.51. The summed E-state index contributed by atoms with van der Waals surface area (Å²) in [5.74, 6) is 0.694. The first-order chi connectivity index (χ1) is 11.4. The zero-order valence-electron chi connectivity index (χ0n) is 15.6. The molecule has 24 heavy (non-hydrogen) atoms. The molecule has 0 radical (unpaired) electrons. The first-order valence-corrected chi connectivity index (χ1v) is 9.23. The first kappa shape index (κ1) is 17.5. The van der Waals surface area contributed by atoms with Gasteiger partial charge in [0.1, 0.15) is 5.76 Å². The van der Waals surface area contributed by atoms with E-state index in [9.17, 15) is 4.79 Å². The summed E-state index contributed by atoms with van der Waals surface area (Å²) in [4.78, 5) is 15.1. The van der Waals surface area contributed by atoms with E-state index in [-0.39, 0.29) is 17.2 Å². The molecule has 5 heteroatoms. The van der Waals surface area contributed by atoms with Crippen LogP contribution in [0.25, 0.3) is 0 Å². The Morgan fingerprint density at radius 1 is 1.42 bits per heavy atom. The SMILES string of the molecule is CCOC1CC(N(C)C(=O)C(C)c2c(C)noc2C)C12CCCC2. The van der Waals surface area contributed by atoms with Crippen molar-refractivity contribution in [3.05, 3.63) is 17.0 Å². The summed E-state index contributed by atoms with van der Waals surface area (Å²) in [5, 5.41) is 4.00. The maximum absolute atomic E-state index is 13.1. The van der Waals surface area contributed by atoms with Crippen molar-refractivity contribution in [2.75, 3.05) is 13.7 Å². The van der Waals surface area contributed by atoms with Crippen LogP contribution in [0.5, 0.6) is 0 Å². The molecule has 1 aromatic heterocycles. The van der Waals surface area contributed by atoms with Crippen LogP contribution in [0.4, 0.5) is 0 Å². The lowest BCUT2D eigenvalue weighted by Crippen LogP contribution is -2.64. The number of hydrogen-bond acceptors (Lipinski definition) is 4. The molecule has 2 aliphatic rings. The second-order valence-corrected chi connectivity index (χ2v) is 7.54. The summed E-state index contributed by atoms with van der Waals surface area (Å²) in [6, 6.07) is 0.298. The average Bonchev–Trinajstić information content (AvgIpc) is 3.18. The summed E-state index contributed by atoms with van der Waals surface area (Å²) < 4.78 is 11.2. The molecular weight excluding hydrogens is 304 g/mol. The van der Waals surface area contributed by atoms with Gasteiger partial charge >= 0.3 is 0 Å². The van der Waals surface area contributed by atoms with Gasteiger partial charge in [0.25, 0.3) is 0 Å². The summed E-state index contributed by atoms with van der Waals surface area (Å²) in [7, 11) is 1.96. The third kappa shape index (κ3) is 2.57. The number of ether oxygens (including phenoxy) is 1. The standard InChI is InChI=1S/C19H30N2O3/c1-6-23-16-11-15(19(16)9-7-8-10-19)21(5)18(22)12(2)17-13(3)20-24-14(17)4/h12,15-16H,6-11H2,1-5H3. The summed E-state index contributed by atoms with van der Waals surface area (Å²) >= 11 is 0. The monoisotopic (exact) mass is 334 g/mol. The van der Waals surface area contributed by atoms with Crippen LogP contribution in [-0.2, 0) is 9.53 Å². The molecule has 1 heterocycles. The molecule has 0 saturated heterocycles. The van der Waals surface area contributed by atoms with E-state index in [0.717, 1.165) is 30.0 Å². The third-order valence-corrected chi connectivity index (χ3v) is 6.35. The number of carbonyl (C=O) groups excluding carboxylic acids is 1. The molecule has 3 rings (SSSR count). The van der Waals surface area contributed by atoms with Crippen molar-refractivity contribution < 1.29 is 14.1 Å². The molecule has 3 atom stereocenters. The molecule has 5 nitrogen and oxygen atoms in total. The number of likely N-dealkylation sites (N-methyl/N-ethyl adjacent to an activating group) is 1. The summed E-state index contributed by atoms with van der Waals surface area (Å²) in [6.45, 7) is 8.57. The van der Waals surface area contributed by atoms with Gasteiger partial charge in [0.15, 0.2) is 0 Å². The van der Waals surface area contributed by atoms with E-state index < -0.39 is 0 Å². The van der Waals surface area contributed by atoms with Gasteiger partial charge in [-0.05, 0) is 47.0 Å². The number of hydrogen-bond donors (Lipinski definition) is 0. The van der Waals surface area contributed by atoms with Gasteiger partial charge < -0.3 is 14.2 Å². The van der Waals surface area contributed by atoms with E-state index in [1.54, 1.807) is 0 Å². The molecule has 134 valence electrons. The molecule has 1 amide bonds. The van der Waals surface area contributed by atoms with Gasteiger partial charge in [-0.15, -0.1) is 0 Å². The molecular formula is C19H30N2O3. The van der Waals surface area contributed by atoms with Gasteiger partial charge in [0, 0.05) is 30.7 Å². The van der Waals surface area contributed by atoms with Gasteiger partial charge in [-0.3, -0.25) is 4.79 Å². The molecule has 0 N–H and O–H groups in total. The topological polar surface area (TPSA) is 55.6 Å². The van der Waals surface area contributed by atoms with Crippen LogP contribution < -0.4 is 0 Å². The van der Waals surface area contributed by atoms with Gasteiger partial charge in [0.2, 0.25) is 5.91 Å². The molecule has 2 fully saturated rings. The van der Waals surface area contributed by atoms with E-state index in [1.807, 2.05) is 32.7 Å². The fraction of sp³-hybridized carbons (Fsp3) is 0.789.